The van der Waals surface area contributed by atoms with Gasteiger partial charge in [-0.1, -0.05) is 100 Å². The topological polar surface area (TPSA) is 37.5 Å². The predicted octanol–water partition coefficient (Wildman–Crippen LogP) is 10.1. The van der Waals surface area contributed by atoms with Gasteiger partial charge in [0.25, 0.3) is 0 Å². The van der Waals surface area contributed by atoms with E-state index in [1.165, 1.54) is 16.7 Å². The summed E-state index contributed by atoms with van der Waals surface area (Å²) in [4.78, 5) is 4.19. The molecule has 0 fully saturated rings. The Hall–Kier alpha value is -5.20. The molecular weight excluding hydrogens is 672 g/mol. The van der Waals surface area contributed by atoms with Gasteiger partial charge in [-0.25, -0.2) is 0 Å². The molecule has 6 nitrogen and oxygen atoms in total. The van der Waals surface area contributed by atoms with E-state index in [2.05, 4.69) is 139 Å². The Bertz CT molecular complexity index is 2000. The van der Waals surface area contributed by atoms with E-state index in [4.69, 9.17) is 21.8 Å². The number of halogens is 1. The van der Waals surface area contributed by atoms with Crippen LogP contribution in [0.1, 0.15) is 59.1 Å². The van der Waals surface area contributed by atoms with Crippen molar-refractivity contribution >= 4 is 46.8 Å². The molecule has 5 rings (SSSR count). The van der Waals surface area contributed by atoms with Crippen molar-refractivity contribution in [2.24, 2.45) is 16.1 Å². The van der Waals surface area contributed by atoms with Crippen molar-refractivity contribution in [3.8, 4) is 0 Å². The van der Waals surface area contributed by atoms with E-state index in [9.17, 15) is 0 Å². The summed E-state index contributed by atoms with van der Waals surface area (Å²) in [6.45, 7) is 4.22. The van der Waals surface area contributed by atoms with Gasteiger partial charge < -0.3 is 9.80 Å². The highest BCUT2D eigenvalue weighted by Crippen LogP contribution is 2.37. The van der Waals surface area contributed by atoms with Crippen LogP contribution in [0, 0.1) is 19.8 Å². The van der Waals surface area contributed by atoms with E-state index in [1.807, 2.05) is 64.4 Å². The number of nitrogens with zero attached hydrogens (tertiary/aromatic N) is 6. The van der Waals surface area contributed by atoms with Crippen molar-refractivity contribution in [1.29, 1.82) is 0 Å². The Morgan fingerprint density at radius 2 is 1.26 bits per heavy atom. The van der Waals surface area contributed by atoms with Crippen LogP contribution in [0.2, 0.25) is 0 Å². The summed E-state index contributed by atoms with van der Waals surface area (Å²) in [6, 6.07) is 34.1. The monoisotopic (exact) mass is 725 g/mol. The smallest absolute Gasteiger partial charge is 0.238 e. The summed E-state index contributed by atoms with van der Waals surface area (Å²) >= 11 is 7.26. The molecule has 1 atom stereocenters. The fourth-order valence-corrected chi connectivity index (χ4v) is 6.64. The van der Waals surface area contributed by atoms with Crippen molar-refractivity contribution in [1.82, 2.24) is 5.01 Å². The Kier molecular flexibility index (Phi) is 13.6. The minimum absolute atomic E-state index is 0.227. The highest BCUT2D eigenvalue weighted by Gasteiger charge is 2.21. The van der Waals surface area contributed by atoms with Crippen LogP contribution >= 0.6 is 11.6 Å². The van der Waals surface area contributed by atoms with E-state index in [1.54, 1.807) is 0 Å². The van der Waals surface area contributed by atoms with Gasteiger partial charge in [0.15, 0.2) is 7.05 Å². The molecule has 0 aliphatic heterocycles. The molecule has 0 radical (unpaired) electrons. The van der Waals surface area contributed by atoms with Crippen molar-refractivity contribution in [2.75, 3.05) is 52.1 Å². The van der Waals surface area contributed by atoms with E-state index >= 15 is 0 Å². The average Bonchev–Trinajstić information content (AvgIpc) is 3.16. The zero-order chi connectivity index (χ0) is 37.9. The van der Waals surface area contributed by atoms with Crippen molar-refractivity contribution in [3.63, 3.8) is 0 Å². The van der Waals surface area contributed by atoms with Gasteiger partial charge in [0.2, 0.25) is 5.71 Å². The number of hydrogen-bond acceptors (Lipinski definition) is 5. The van der Waals surface area contributed by atoms with Crippen molar-refractivity contribution < 1.29 is 4.68 Å². The summed E-state index contributed by atoms with van der Waals surface area (Å²) in [5.74, 6) is 0.227. The SMILES string of the molecule is Cc1ccc(C(=CCC2CCCC(C=CC(c3ccc(C)cc3)=[N+](C)N=Cc3ccc(N(C)C)cc3)=C2Cl)N(C)N=Cc2ccc(N(C)C)cc2)cc1. The summed E-state index contributed by atoms with van der Waals surface area (Å²) in [5.41, 5.74) is 12.3. The van der Waals surface area contributed by atoms with Crippen LogP contribution in [0.5, 0.6) is 0 Å². The lowest BCUT2D eigenvalue weighted by molar-refractivity contribution is -0.500. The molecule has 53 heavy (non-hydrogen) atoms. The molecule has 0 saturated heterocycles. The largest absolute Gasteiger partial charge is 0.378 e. The first-order chi connectivity index (χ1) is 25.5. The first-order valence-electron chi connectivity index (χ1n) is 18.4. The molecule has 0 amide bonds. The van der Waals surface area contributed by atoms with Gasteiger partial charge >= 0.3 is 0 Å². The second-order valence-corrected chi connectivity index (χ2v) is 14.7. The third-order valence-corrected chi connectivity index (χ3v) is 10.2. The Morgan fingerprint density at radius 1 is 0.736 bits per heavy atom. The van der Waals surface area contributed by atoms with Gasteiger partial charge in [-0.05, 0) is 109 Å². The average molecular weight is 726 g/mol. The van der Waals surface area contributed by atoms with Gasteiger partial charge in [0, 0.05) is 63.3 Å². The minimum atomic E-state index is 0.227. The third kappa shape index (κ3) is 10.9. The van der Waals surface area contributed by atoms with Crippen molar-refractivity contribution in [2.45, 2.75) is 39.5 Å². The van der Waals surface area contributed by atoms with Crippen LogP contribution in [0.4, 0.5) is 11.4 Å². The molecule has 1 aliphatic carbocycles. The maximum absolute atomic E-state index is 7.26. The molecule has 0 aromatic heterocycles. The molecule has 1 unspecified atom stereocenters. The number of hydrogen-bond donors (Lipinski definition) is 0. The molecule has 0 spiro atoms. The fraction of sp³-hybridized carbons (Fsp3) is 0.283. The molecule has 4 aromatic carbocycles. The number of aryl methyl sites for hydroxylation is 2. The molecule has 0 N–H and O–H groups in total. The van der Waals surface area contributed by atoms with Gasteiger partial charge in [0.1, 0.15) is 6.21 Å². The number of anilines is 2. The molecule has 274 valence electrons. The molecule has 0 saturated carbocycles. The number of benzene rings is 4. The number of rotatable bonds is 13. The summed E-state index contributed by atoms with van der Waals surface area (Å²) in [5, 5.41) is 12.6. The Balaban J connectivity index is 1.40. The Labute approximate surface area is 322 Å². The molecule has 4 aromatic rings. The van der Waals surface area contributed by atoms with Crippen LogP contribution in [0.3, 0.4) is 0 Å². The van der Waals surface area contributed by atoms with Crippen LogP contribution < -0.4 is 9.80 Å². The second kappa shape index (κ2) is 18.5. The van der Waals surface area contributed by atoms with Gasteiger partial charge in [-0.3, -0.25) is 5.01 Å². The highest BCUT2D eigenvalue weighted by molar-refractivity contribution is 6.30. The zero-order valence-electron chi connectivity index (χ0n) is 32.6. The maximum atomic E-state index is 7.26. The van der Waals surface area contributed by atoms with E-state index in [-0.39, 0.29) is 5.92 Å². The lowest BCUT2D eigenvalue weighted by atomic mass is 9.87. The lowest BCUT2D eigenvalue weighted by Crippen LogP contribution is -2.14. The summed E-state index contributed by atoms with van der Waals surface area (Å²) < 4.78 is 1.94. The first-order valence-corrected chi connectivity index (χ1v) is 18.7. The van der Waals surface area contributed by atoms with Crippen LogP contribution in [0.25, 0.3) is 5.70 Å². The van der Waals surface area contributed by atoms with E-state index in [0.717, 1.165) is 75.8 Å². The normalized spacial score (nSPS) is 15.8. The molecule has 1 aliphatic rings. The zero-order valence-corrected chi connectivity index (χ0v) is 33.3. The summed E-state index contributed by atoms with van der Waals surface area (Å²) in [6.07, 6.45) is 14.4. The predicted molar refractivity (Wildman–Crippen MR) is 229 cm³/mol. The minimum Gasteiger partial charge on any atom is -0.378 e. The molecule has 0 heterocycles. The Morgan fingerprint density at radius 3 is 1.81 bits per heavy atom. The van der Waals surface area contributed by atoms with Gasteiger partial charge in [0.05, 0.1) is 11.9 Å². The second-order valence-electron chi connectivity index (χ2n) is 14.2. The number of allylic oxidation sites excluding steroid dienone is 5. The highest BCUT2D eigenvalue weighted by atomic mass is 35.5. The van der Waals surface area contributed by atoms with Crippen LogP contribution in [0.15, 0.2) is 136 Å². The van der Waals surface area contributed by atoms with Crippen LogP contribution in [-0.2, 0) is 0 Å². The van der Waals surface area contributed by atoms with E-state index < -0.39 is 0 Å². The van der Waals surface area contributed by atoms with E-state index in [0.29, 0.717) is 0 Å². The fourth-order valence-electron chi connectivity index (χ4n) is 6.29. The lowest BCUT2D eigenvalue weighted by Gasteiger charge is -2.24. The standard InChI is InChI=1S/C46H54ClN6/c1-34-12-20-38(21-13-34)44(52(7)48-32-36-16-26-42(27-17-36)50(3)4)30-24-40-10-9-11-41(46(40)47)25-31-45(39-22-14-35(2)15-23-39)53(8)49-33-37-18-28-43(29-19-37)51(5)6/h12-24,26-33,41H,9-11,25H2,1-8H3/q+1. The molecular formula is C46H54ClN6+. The van der Waals surface area contributed by atoms with Crippen molar-refractivity contribution in [3.05, 3.63) is 159 Å². The maximum Gasteiger partial charge on any atom is 0.238 e. The molecule has 7 heteroatoms. The van der Waals surface area contributed by atoms with Crippen LogP contribution in [-0.4, -0.2) is 70.1 Å². The number of hydrazone groups is 2. The van der Waals surface area contributed by atoms with Gasteiger partial charge in [-0.2, -0.15) is 5.10 Å². The third-order valence-electron chi connectivity index (χ3n) is 9.67. The first kappa shape index (κ1) is 39.0. The quantitative estimate of drug-likeness (QED) is 0.0782. The molecule has 0 bridgehead atoms. The van der Waals surface area contributed by atoms with Gasteiger partial charge in [-0.15, -0.1) is 0 Å². The summed E-state index contributed by atoms with van der Waals surface area (Å²) in [7, 11) is 12.2.